The second-order valence-electron chi connectivity index (χ2n) is 5.94. The lowest BCUT2D eigenvalue weighted by molar-refractivity contribution is -0.118. The standard InChI is InChI=1S/C19H18F2N2O2/c1-2-10-23-16-8-7-13(11-12(16)6-9-17(23)24)22-19(25)18-14(20)4-3-5-15(18)21/h3-5,7-8,11H,2,6,9-10H2,1H3,(H,22,25). The van der Waals surface area contributed by atoms with Gasteiger partial charge in [-0.2, -0.15) is 0 Å². The number of nitrogens with zero attached hydrogens (tertiary/aromatic N) is 1. The molecule has 3 rings (SSSR count). The van der Waals surface area contributed by atoms with Crippen LogP contribution in [0.25, 0.3) is 0 Å². The minimum absolute atomic E-state index is 0.0829. The number of aryl methyl sites for hydroxylation is 1. The molecule has 0 spiro atoms. The summed E-state index contributed by atoms with van der Waals surface area (Å²) in [5.41, 5.74) is 1.59. The van der Waals surface area contributed by atoms with Crippen molar-refractivity contribution in [1.82, 2.24) is 0 Å². The maximum Gasteiger partial charge on any atom is 0.261 e. The normalized spacial score (nSPS) is 13.6. The quantitative estimate of drug-likeness (QED) is 0.914. The number of nitrogens with one attached hydrogen (secondary N) is 1. The number of benzene rings is 2. The molecule has 0 bridgehead atoms. The molecular weight excluding hydrogens is 326 g/mol. The second-order valence-corrected chi connectivity index (χ2v) is 5.94. The summed E-state index contributed by atoms with van der Waals surface area (Å²) in [6.45, 7) is 2.64. The van der Waals surface area contributed by atoms with Crippen molar-refractivity contribution in [3.63, 3.8) is 0 Å². The van der Waals surface area contributed by atoms with Crippen molar-refractivity contribution in [3.8, 4) is 0 Å². The van der Waals surface area contributed by atoms with Crippen LogP contribution in [0.1, 0.15) is 35.7 Å². The molecule has 2 aromatic rings. The van der Waals surface area contributed by atoms with Gasteiger partial charge in [0.15, 0.2) is 0 Å². The van der Waals surface area contributed by atoms with Crippen molar-refractivity contribution in [2.45, 2.75) is 26.2 Å². The molecule has 1 aliphatic heterocycles. The highest BCUT2D eigenvalue weighted by molar-refractivity contribution is 6.05. The summed E-state index contributed by atoms with van der Waals surface area (Å²) in [7, 11) is 0. The van der Waals surface area contributed by atoms with Gasteiger partial charge in [-0.1, -0.05) is 13.0 Å². The first-order valence-corrected chi connectivity index (χ1v) is 8.20. The highest BCUT2D eigenvalue weighted by Gasteiger charge is 2.24. The molecule has 1 aliphatic rings. The van der Waals surface area contributed by atoms with E-state index in [0.29, 0.717) is 25.1 Å². The van der Waals surface area contributed by atoms with Gasteiger partial charge in [0.25, 0.3) is 5.91 Å². The SMILES string of the molecule is CCCN1C(=O)CCc2cc(NC(=O)c3c(F)cccc3F)ccc21. The predicted octanol–water partition coefficient (Wildman–Crippen LogP) is 3.91. The third-order valence-electron chi connectivity index (χ3n) is 4.17. The van der Waals surface area contributed by atoms with E-state index in [-0.39, 0.29) is 5.91 Å². The number of rotatable bonds is 4. The van der Waals surface area contributed by atoms with Crippen molar-refractivity contribution < 1.29 is 18.4 Å². The molecule has 2 amide bonds. The summed E-state index contributed by atoms with van der Waals surface area (Å²) in [6, 6.07) is 8.44. The molecule has 1 heterocycles. The third kappa shape index (κ3) is 3.38. The van der Waals surface area contributed by atoms with E-state index in [4.69, 9.17) is 0 Å². The van der Waals surface area contributed by atoms with Gasteiger partial charge in [-0.15, -0.1) is 0 Å². The largest absolute Gasteiger partial charge is 0.322 e. The molecule has 0 unspecified atom stereocenters. The summed E-state index contributed by atoms with van der Waals surface area (Å²) >= 11 is 0. The van der Waals surface area contributed by atoms with Gasteiger partial charge in [-0.05, 0) is 48.7 Å². The van der Waals surface area contributed by atoms with E-state index < -0.39 is 23.1 Å². The van der Waals surface area contributed by atoms with E-state index in [0.717, 1.165) is 29.8 Å². The molecule has 0 radical (unpaired) electrons. The second kappa shape index (κ2) is 7.01. The fraction of sp³-hybridized carbons (Fsp3) is 0.263. The van der Waals surface area contributed by atoms with Crippen LogP contribution in [-0.4, -0.2) is 18.4 Å². The maximum atomic E-state index is 13.7. The molecule has 2 aromatic carbocycles. The minimum Gasteiger partial charge on any atom is -0.322 e. The lowest BCUT2D eigenvalue weighted by atomic mass is 10.00. The van der Waals surface area contributed by atoms with Crippen LogP contribution in [0.4, 0.5) is 20.2 Å². The van der Waals surface area contributed by atoms with Gasteiger partial charge in [0.2, 0.25) is 5.91 Å². The number of fused-ring (bicyclic) bond motifs is 1. The van der Waals surface area contributed by atoms with Crippen LogP contribution in [0.2, 0.25) is 0 Å². The van der Waals surface area contributed by atoms with Crippen molar-refractivity contribution >= 4 is 23.2 Å². The van der Waals surface area contributed by atoms with Crippen molar-refractivity contribution in [3.05, 3.63) is 59.2 Å². The third-order valence-corrected chi connectivity index (χ3v) is 4.17. The average molecular weight is 344 g/mol. The fourth-order valence-corrected chi connectivity index (χ4v) is 3.01. The van der Waals surface area contributed by atoms with Crippen LogP contribution in [0.3, 0.4) is 0 Å². The molecule has 1 N–H and O–H groups in total. The van der Waals surface area contributed by atoms with E-state index in [1.165, 1.54) is 6.07 Å². The van der Waals surface area contributed by atoms with Crippen molar-refractivity contribution in [2.24, 2.45) is 0 Å². The van der Waals surface area contributed by atoms with Crippen molar-refractivity contribution in [2.75, 3.05) is 16.8 Å². The summed E-state index contributed by atoms with van der Waals surface area (Å²) in [5.74, 6) is -2.57. The Morgan fingerprint density at radius 1 is 1.16 bits per heavy atom. The zero-order chi connectivity index (χ0) is 18.0. The Labute approximate surface area is 144 Å². The van der Waals surface area contributed by atoms with Gasteiger partial charge in [-0.25, -0.2) is 8.78 Å². The summed E-state index contributed by atoms with van der Waals surface area (Å²) in [5, 5.41) is 2.53. The topological polar surface area (TPSA) is 49.4 Å². The number of hydrogen-bond donors (Lipinski definition) is 1. The van der Waals surface area contributed by atoms with Crippen LogP contribution in [-0.2, 0) is 11.2 Å². The minimum atomic E-state index is -0.907. The number of amides is 2. The van der Waals surface area contributed by atoms with E-state index >= 15 is 0 Å². The van der Waals surface area contributed by atoms with Crippen LogP contribution in [0, 0.1) is 11.6 Å². The number of halogens is 2. The Hall–Kier alpha value is -2.76. The van der Waals surface area contributed by atoms with E-state index in [2.05, 4.69) is 5.32 Å². The van der Waals surface area contributed by atoms with Gasteiger partial charge in [0.1, 0.15) is 17.2 Å². The predicted molar refractivity (Wildman–Crippen MR) is 91.7 cm³/mol. The first-order chi connectivity index (χ1) is 12.0. The van der Waals surface area contributed by atoms with Gasteiger partial charge in [0, 0.05) is 24.3 Å². The first kappa shape index (κ1) is 17.1. The fourth-order valence-electron chi connectivity index (χ4n) is 3.01. The molecule has 4 nitrogen and oxygen atoms in total. The smallest absolute Gasteiger partial charge is 0.261 e. The van der Waals surface area contributed by atoms with E-state index in [9.17, 15) is 18.4 Å². The number of carbonyl (C=O) groups excluding carboxylic acids is 2. The summed E-state index contributed by atoms with van der Waals surface area (Å²) < 4.78 is 27.4. The Kier molecular flexibility index (Phi) is 4.79. The molecule has 25 heavy (non-hydrogen) atoms. The van der Waals surface area contributed by atoms with Crippen LogP contribution < -0.4 is 10.2 Å². The Bertz CT molecular complexity index is 816. The number of anilines is 2. The molecular formula is C19H18F2N2O2. The highest BCUT2D eigenvalue weighted by Crippen LogP contribution is 2.30. The van der Waals surface area contributed by atoms with Gasteiger partial charge in [-0.3, -0.25) is 9.59 Å². The maximum absolute atomic E-state index is 13.7. The molecule has 0 atom stereocenters. The summed E-state index contributed by atoms with van der Waals surface area (Å²) in [4.78, 5) is 26.0. The lowest BCUT2D eigenvalue weighted by Crippen LogP contribution is -2.35. The average Bonchev–Trinajstić information content (AvgIpc) is 2.57. The van der Waals surface area contributed by atoms with Gasteiger partial charge in [0.05, 0.1) is 0 Å². The van der Waals surface area contributed by atoms with E-state index in [1.54, 1.807) is 23.1 Å². The monoisotopic (exact) mass is 344 g/mol. The van der Waals surface area contributed by atoms with Crippen LogP contribution in [0.15, 0.2) is 36.4 Å². The van der Waals surface area contributed by atoms with Gasteiger partial charge < -0.3 is 10.2 Å². The highest BCUT2D eigenvalue weighted by atomic mass is 19.1. The van der Waals surface area contributed by atoms with Crippen molar-refractivity contribution in [1.29, 1.82) is 0 Å². The zero-order valence-corrected chi connectivity index (χ0v) is 13.8. The molecule has 130 valence electrons. The Morgan fingerprint density at radius 3 is 2.56 bits per heavy atom. The molecule has 0 saturated heterocycles. The zero-order valence-electron chi connectivity index (χ0n) is 13.8. The first-order valence-electron chi connectivity index (χ1n) is 8.20. The van der Waals surface area contributed by atoms with Crippen LogP contribution in [0.5, 0.6) is 0 Å². The van der Waals surface area contributed by atoms with Crippen LogP contribution >= 0.6 is 0 Å². The summed E-state index contributed by atoms with van der Waals surface area (Å²) in [6.07, 6.45) is 1.83. The molecule has 0 saturated carbocycles. The molecule has 0 aliphatic carbocycles. The molecule has 0 fully saturated rings. The number of hydrogen-bond acceptors (Lipinski definition) is 2. The van der Waals surface area contributed by atoms with E-state index in [1.807, 2.05) is 6.92 Å². The molecule has 6 heteroatoms. The van der Waals surface area contributed by atoms with Gasteiger partial charge >= 0.3 is 0 Å². The Morgan fingerprint density at radius 2 is 1.88 bits per heavy atom. The Balaban J connectivity index is 1.86. The molecule has 0 aromatic heterocycles. The number of carbonyl (C=O) groups is 2. The lowest BCUT2D eigenvalue weighted by Gasteiger charge is -2.29.